The monoisotopic (exact) mass is 369 g/mol. The number of anilines is 1. The van der Waals surface area contributed by atoms with Crippen molar-refractivity contribution in [1.29, 1.82) is 0 Å². The number of carbonyl (C=O) groups excluding carboxylic acids is 1. The molecule has 5 nitrogen and oxygen atoms in total. The van der Waals surface area contributed by atoms with Crippen molar-refractivity contribution in [3.63, 3.8) is 0 Å². The summed E-state index contributed by atoms with van der Waals surface area (Å²) in [4.78, 5) is 12.4. The molecule has 128 valence electrons. The minimum atomic E-state index is -0.348. The second kappa shape index (κ2) is 8.13. The standard InChI is InChI=1S/C17H17Cl2NO4/c1-4-24-16-13(19)7-10(8-15(16)23-3)17(21)20-11-5-6-14(22-2)12(18)9-11/h5-9H,4H2,1-3H3,(H,20,21). The molecular weight excluding hydrogens is 353 g/mol. The maximum Gasteiger partial charge on any atom is 0.255 e. The Balaban J connectivity index is 2.26. The van der Waals surface area contributed by atoms with Gasteiger partial charge in [-0.3, -0.25) is 4.79 Å². The van der Waals surface area contributed by atoms with Gasteiger partial charge in [-0.05, 0) is 37.3 Å². The Bertz CT molecular complexity index is 750. The minimum Gasteiger partial charge on any atom is -0.495 e. The molecule has 0 radical (unpaired) electrons. The van der Waals surface area contributed by atoms with Gasteiger partial charge >= 0.3 is 0 Å². The number of carbonyl (C=O) groups is 1. The molecule has 0 aliphatic heterocycles. The molecule has 24 heavy (non-hydrogen) atoms. The first-order valence-corrected chi connectivity index (χ1v) is 7.91. The van der Waals surface area contributed by atoms with Crippen LogP contribution in [0.25, 0.3) is 0 Å². The third kappa shape index (κ3) is 4.04. The Morgan fingerprint density at radius 2 is 1.75 bits per heavy atom. The molecule has 2 aromatic carbocycles. The first-order chi connectivity index (χ1) is 11.5. The zero-order chi connectivity index (χ0) is 17.7. The van der Waals surface area contributed by atoms with Gasteiger partial charge in [0, 0.05) is 11.3 Å². The summed E-state index contributed by atoms with van der Waals surface area (Å²) in [5.74, 6) is 0.980. The average Bonchev–Trinajstić information content (AvgIpc) is 2.56. The van der Waals surface area contributed by atoms with Crippen LogP contribution >= 0.6 is 23.2 Å². The topological polar surface area (TPSA) is 56.8 Å². The van der Waals surface area contributed by atoms with Gasteiger partial charge in [-0.25, -0.2) is 0 Å². The lowest BCUT2D eigenvalue weighted by Gasteiger charge is -2.13. The third-order valence-electron chi connectivity index (χ3n) is 3.19. The fourth-order valence-electron chi connectivity index (χ4n) is 2.08. The quantitative estimate of drug-likeness (QED) is 0.804. The second-order valence-corrected chi connectivity index (χ2v) is 5.54. The van der Waals surface area contributed by atoms with Crippen molar-refractivity contribution in [3.05, 3.63) is 45.9 Å². The van der Waals surface area contributed by atoms with Gasteiger partial charge in [0.05, 0.1) is 30.9 Å². The number of nitrogens with one attached hydrogen (secondary N) is 1. The van der Waals surface area contributed by atoms with Crippen LogP contribution in [-0.4, -0.2) is 26.7 Å². The van der Waals surface area contributed by atoms with Gasteiger partial charge in [0.1, 0.15) is 5.75 Å². The van der Waals surface area contributed by atoms with Crippen LogP contribution in [0.4, 0.5) is 5.69 Å². The maximum atomic E-state index is 12.4. The number of halogens is 2. The number of hydrogen-bond acceptors (Lipinski definition) is 4. The summed E-state index contributed by atoms with van der Waals surface area (Å²) in [6, 6.07) is 8.05. The van der Waals surface area contributed by atoms with Crippen LogP contribution in [0.3, 0.4) is 0 Å². The van der Waals surface area contributed by atoms with Crippen LogP contribution in [0.5, 0.6) is 17.2 Å². The Labute approximate surface area is 150 Å². The molecule has 0 unspecified atom stereocenters. The van der Waals surface area contributed by atoms with Gasteiger partial charge in [-0.15, -0.1) is 0 Å². The molecule has 2 aromatic rings. The first-order valence-electron chi connectivity index (χ1n) is 7.15. The lowest BCUT2D eigenvalue weighted by atomic mass is 10.1. The summed E-state index contributed by atoms with van der Waals surface area (Å²) < 4.78 is 15.8. The van der Waals surface area contributed by atoms with Crippen molar-refractivity contribution >= 4 is 34.8 Å². The summed E-state index contributed by atoms with van der Waals surface area (Å²) in [6.45, 7) is 2.27. The Morgan fingerprint density at radius 1 is 1.04 bits per heavy atom. The molecule has 0 atom stereocenters. The number of benzene rings is 2. The summed E-state index contributed by atoms with van der Waals surface area (Å²) >= 11 is 12.2. The largest absolute Gasteiger partial charge is 0.495 e. The molecule has 1 N–H and O–H groups in total. The van der Waals surface area contributed by atoms with E-state index in [9.17, 15) is 4.79 Å². The van der Waals surface area contributed by atoms with E-state index in [1.54, 1.807) is 24.3 Å². The highest BCUT2D eigenvalue weighted by molar-refractivity contribution is 6.33. The van der Waals surface area contributed by atoms with Crippen LogP contribution in [0.1, 0.15) is 17.3 Å². The summed E-state index contributed by atoms with van der Waals surface area (Å²) in [6.07, 6.45) is 0. The van der Waals surface area contributed by atoms with Gasteiger partial charge < -0.3 is 19.5 Å². The fourth-order valence-corrected chi connectivity index (χ4v) is 2.61. The van der Waals surface area contributed by atoms with Crippen molar-refractivity contribution < 1.29 is 19.0 Å². The lowest BCUT2D eigenvalue weighted by Crippen LogP contribution is -2.12. The summed E-state index contributed by atoms with van der Waals surface area (Å²) in [5.41, 5.74) is 0.877. The molecule has 0 saturated heterocycles. The third-order valence-corrected chi connectivity index (χ3v) is 3.77. The molecule has 0 fully saturated rings. The predicted molar refractivity (Wildman–Crippen MR) is 95.1 cm³/mol. The second-order valence-electron chi connectivity index (χ2n) is 4.73. The zero-order valence-corrected chi connectivity index (χ0v) is 15.0. The van der Waals surface area contributed by atoms with E-state index in [2.05, 4.69) is 5.32 Å². The van der Waals surface area contributed by atoms with Crippen molar-refractivity contribution in [1.82, 2.24) is 0 Å². The van der Waals surface area contributed by atoms with Gasteiger partial charge in [-0.1, -0.05) is 23.2 Å². The molecule has 0 saturated carbocycles. The van der Waals surface area contributed by atoms with E-state index in [-0.39, 0.29) is 5.91 Å². The number of ether oxygens (including phenoxy) is 3. The number of methoxy groups -OCH3 is 2. The normalized spacial score (nSPS) is 10.2. The molecule has 7 heteroatoms. The molecule has 0 aromatic heterocycles. The molecule has 1 amide bonds. The highest BCUT2D eigenvalue weighted by Crippen LogP contribution is 2.36. The van der Waals surface area contributed by atoms with E-state index in [0.29, 0.717) is 45.2 Å². The molecule has 0 aliphatic rings. The molecule has 0 spiro atoms. The van der Waals surface area contributed by atoms with Crippen molar-refractivity contribution in [2.24, 2.45) is 0 Å². The Kier molecular flexibility index (Phi) is 6.17. The number of rotatable bonds is 6. The maximum absolute atomic E-state index is 12.4. The van der Waals surface area contributed by atoms with Crippen LogP contribution < -0.4 is 19.5 Å². The fraction of sp³-hybridized carbons (Fsp3) is 0.235. The van der Waals surface area contributed by atoms with E-state index in [4.69, 9.17) is 37.4 Å². The highest BCUT2D eigenvalue weighted by Gasteiger charge is 2.16. The highest BCUT2D eigenvalue weighted by atomic mass is 35.5. The van der Waals surface area contributed by atoms with E-state index < -0.39 is 0 Å². The predicted octanol–water partition coefficient (Wildman–Crippen LogP) is 4.66. The Hall–Kier alpha value is -2.11. The van der Waals surface area contributed by atoms with E-state index in [1.807, 2.05) is 6.92 Å². The van der Waals surface area contributed by atoms with Crippen LogP contribution in [0, 0.1) is 0 Å². The van der Waals surface area contributed by atoms with E-state index >= 15 is 0 Å². The summed E-state index contributed by atoms with van der Waals surface area (Å²) in [5, 5.41) is 3.45. The van der Waals surface area contributed by atoms with Crippen LogP contribution in [0.2, 0.25) is 10.0 Å². The SMILES string of the molecule is CCOc1c(Cl)cc(C(=O)Nc2ccc(OC)c(Cl)c2)cc1OC. The van der Waals surface area contributed by atoms with Crippen LogP contribution in [0.15, 0.2) is 30.3 Å². The van der Waals surface area contributed by atoms with Gasteiger partial charge in [-0.2, -0.15) is 0 Å². The van der Waals surface area contributed by atoms with Crippen LogP contribution in [-0.2, 0) is 0 Å². The Morgan fingerprint density at radius 3 is 2.33 bits per heavy atom. The average molecular weight is 370 g/mol. The molecule has 0 aliphatic carbocycles. The molecule has 0 heterocycles. The number of amides is 1. The molecule has 0 bridgehead atoms. The van der Waals surface area contributed by atoms with Gasteiger partial charge in [0.15, 0.2) is 11.5 Å². The van der Waals surface area contributed by atoms with Gasteiger partial charge in [0.2, 0.25) is 0 Å². The van der Waals surface area contributed by atoms with Crippen molar-refractivity contribution in [3.8, 4) is 17.2 Å². The van der Waals surface area contributed by atoms with E-state index in [1.165, 1.54) is 20.3 Å². The van der Waals surface area contributed by atoms with Gasteiger partial charge in [0.25, 0.3) is 5.91 Å². The zero-order valence-electron chi connectivity index (χ0n) is 13.5. The van der Waals surface area contributed by atoms with E-state index in [0.717, 1.165) is 0 Å². The van der Waals surface area contributed by atoms with Crippen molar-refractivity contribution in [2.45, 2.75) is 6.92 Å². The lowest BCUT2D eigenvalue weighted by molar-refractivity contribution is 0.102. The smallest absolute Gasteiger partial charge is 0.255 e. The molecule has 2 rings (SSSR count). The summed E-state index contributed by atoms with van der Waals surface area (Å²) in [7, 11) is 3.01. The number of hydrogen-bond donors (Lipinski definition) is 1. The minimum absolute atomic E-state index is 0.300. The molecular formula is C17H17Cl2NO4. The first kappa shape index (κ1) is 18.2. The van der Waals surface area contributed by atoms with Crippen molar-refractivity contribution in [2.75, 3.05) is 26.1 Å².